The highest BCUT2D eigenvalue weighted by Crippen LogP contribution is 2.10. The number of hydrogen-bond acceptors (Lipinski definition) is 3. The number of nitrogens with one attached hydrogen (secondary N) is 2. The van der Waals surface area contributed by atoms with Crippen molar-refractivity contribution in [2.75, 3.05) is 12.4 Å². The van der Waals surface area contributed by atoms with E-state index in [0.717, 1.165) is 28.0 Å². The van der Waals surface area contributed by atoms with Gasteiger partial charge in [-0.15, -0.1) is 0 Å². The Bertz CT molecular complexity index is 777. The average Bonchev–Trinajstić information content (AvgIpc) is 2.93. The lowest BCUT2D eigenvalue weighted by atomic mass is 10.2. The van der Waals surface area contributed by atoms with Crippen molar-refractivity contribution in [2.45, 2.75) is 0 Å². The Balaban J connectivity index is 1.93. The maximum atomic E-state index is 4.33. The van der Waals surface area contributed by atoms with E-state index in [0.29, 0.717) is 0 Å². The Kier molecular flexibility index (Phi) is 2.87. The lowest BCUT2D eigenvalue weighted by molar-refractivity contribution is 1.28. The molecule has 3 aromatic heterocycles. The van der Waals surface area contributed by atoms with E-state index >= 15 is 0 Å². The second kappa shape index (κ2) is 4.83. The molecule has 92 valence electrons. The summed E-state index contributed by atoms with van der Waals surface area (Å²) >= 11 is 0. The molecule has 0 spiro atoms. The molecule has 4 heteroatoms. The Hall–Kier alpha value is -2.80. The fourth-order valence-electron chi connectivity index (χ4n) is 1.79. The molecule has 3 rings (SSSR count). The third-order valence-electron chi connectivity index (χ3n) is 2.77. The van der Waals surface area contributed by atoms with Crippen LogP contribution in [-0.2, 0) is 0 Å². The van der Waals surface area contributed by atoms with Gasteiger partial charge >= 0.3 is 0 Å². The van der Waals surface area contributed by atoms with E-state index in [2.05, 4.69) is 32.1 Å². The van der Waals surface area contributed by atoms with E-state index in [1.165, 1.54) is 0 Å². The van der Waals surface area contributed by atoms with E-state index in [4.69, 9.17) is 0 Å². The summed E-state index contributed by atoms with van der Waals surface area (Å²) in [6.45, 7) is 0. The van der Waals surface area contributed by atoms with E-state index < -0.39 is 0 Å². The van der Waals surface area contributed by atoms with Crippen molar-refractivity contribution < 1.29 is 0 Å². The van der Waals surface area contributed by atoms with Gasteiger partial charge in [-0.25, -0.2) is 4.98 Å². The molecule has 0 unspecified atom stereocenters. The monoisotopic (exact) mass is 248 g/mol. The quantitative estimate of drug-likeness (QED) is 0.650. The Labute approximate surface area is 110 Å². The number of aromatic nitrogens is 3. The number of pyridine rings is 2. The summed E-state index contributed by atoms with van der Waals surface area (Å²) in [6.07, 6.45) is 5.39. The van der Waals surface area contributed by atoms with E-state index in [-0.39, 0.29) is 0 Å². The minimum absolute atomic E-state index is 0.810. The van der Waals surface area contributed by atoms with Crippen LogP contribution in [0.1, 0.15) is 11.1 Å². The summed E-state index contributed by atoms with van der Waals surface area (Å²) < 4.78 is 0. The lowest BCUT2D eigenvalue weighted by Crippen LogP contribution is -1.91. The number of rotatable bonds is 1. The van der Waals surface area contributed by atoms with Crippen molar-refractivity contribution in [3.8, 4) is 11.8 Å². The molecule has 0 saturated carbocycles. The minimum Gasteiger partial charge on any atom is -0.373 e. The predicted octanol–water partition coefficient (Wildman–Crippen LogP) is 2.40. The summed E-state index contributed by atoms with van der Waals surface area (Å²) in [5, 5.41) is 2.99. The molecule has 0 aliphatic heterocycles. The van der Waals surface area contributed by atoms with Crippen LogP contribution in [0.5, 0.6) is 0 Å². The molecule has 4 nitrogen and oxygen atoms in total. The van der Waals surface area contributed by atoms with Gasteiger partial charge in [0.1, 0.15) is 5.82 Å². The topological polar surface area (TPSA) is 53.6 Å². The van der Waals surface area contributed by atoms with Crippen LogP contribution in [0.4, 0.5) is 5.82 Å². The van der Waals surface area contributed by atoms with Gasteiger partial charge in [-0.2, -0.15) is 0 Å². The zero-order valence-corrected chi connectivity index (χ0v) is 10.4. The molecule has 19 heavy (non-hydrogen) atoms. The van der Waals surface area contributed by atoms with Crippen molar-refractivity contribution >= 4 is 16.9 Å². The molecule has 3 heterocycles. The zero-order chi connectivity index (χ0) is 13.1. The summed E-state index contributed by atoms with van der Waals surface area (Å²) in [5.41, 5.74) is 3.76. The number of nitrogens with zero attached hydrogens (tertiary/aromatic N) is 2. The molecule has 0 radical (unpaired) electrons. The maximum Gasteiger partial charge on any atom is 0.126 e. The highest BCUT2D eigenvalue weighted by Gasteiger charge is 1.96. The number of aromatic amines is 1. The summed E-state index contributed by atoms with van der Waals surface area (Å²) in [4.78, 5) is 11.6. The van der Waals surface area contributed by atoms with Gasteiger partial charge in [0.15, 0.2) is 0 Å². The highest BCUT2D eigenvalue weighted by molar-refractivity contribution is 5.76. The number of hydrogen-bond donors (Lipinski definition) is 2. The largest absolute Gasteiger partial charge is 0.373 e. The predicted molar refractivity (Wildman–Crippen MR) is 75.9 cm³/mol. The first kappa shape index (κ1) is 11.3. The second-order valence-corrected chi connectivity index (χ2v) is 4.06. The molecular formula is C15H12N4. The van der Waals surface area contributed by atoms with Crippen molar-refractivity contribution in [1.82, 2.24) is 15.0 Å². The molecule has 0 amide bonds. The molecule has 0 aliphatic carbocycles. The molecule has 0 bridgehead atoms. The van der Waals surface area contributed by atoms with Crippen molar-refractivity contribution in [2.24, 2.45) is 0 Å². The van der Waals surface area contributed by atoms with Crippen LogP contribution >= 0.6 is 0 Å². The van der Waals surface area contributed by atoms with Gasteiger partial charge in [-0.05, 0) is 24.3 Å². The van der Waals surface area contributed by atoms with Gasteiger partial charge in [0.2, 0.25) is 0 Å². The third kappa shape index (κ3) is 2.40. The lowest BCUT2D eigenvalue weighted by Gasteiger charge is -1.97. The van der Waals surface area contributed by atoms with Gasteiger partial charge in [0.25, 0.3) is 0 Å². The fourth-order valence-corrected chi connectivity index (χ4v) is 1.79. The molecule has 0 saturated heterocycles. The number of fused-ring (bicyclic) bond motifs is 1. The zero-order valence-electron chi connectivity index (χ0n) is 10.4. The van der Waals surface area contributed by atoms with Crippen LogP contribution in [-0.4, -0.2) is 22.0 Å². The molecule has 0 aliphatic rings. The molecule has 0 aromatic carbocycles. The van der Waals surface area contributed by atoms with Crippen molar-refractivity contribution in [3.05, 3.63) is 54.0 Å². The average molecular weight is 248 g/mol. The normalized spacial score (nSPS) is 9.95. The molecule has 0 atom stereocenters. The van der Waals surface area contributed by atoms with Crippen LogP contribution < -0.4 is 5.32 Å². The smallest absolute Gasteiger partial charge is 0.126 e. The van der Waals surface area contributed by atoms with E-state index in [1.807, 2.05) is 37.5 Å². The first-order valence-electron chi connectivity index (χ1n) is 5.94. The van der Waals surface area contributed by atoms with Crippen molar-refractivity contribution in [1.29, 1.82) is 0 Å². The fraction of sp³-hybridized carbons (Fsp3) is 0.0667. The summed E-state index contributed by atoms with van der Waals surface area (Å²) in [7, 11) is 1.84. The first-order chi connectivity index (χ1) is 9.35. The van der Waals surface area contributed by atoms with Gasteiger partial charge in [0.05, 0.1) is 11.0 Å². The highest BCUT2D eigenvalue weighted by atomic mass is 14.9. The van der Waals surface area contributed by atoms with Crippen LogP contribution in [0.2, 0.25) is 0 Å². The summed E-state index contributed by atoms with van der Waals surface area (Å²) in [5.74, 6) is 7.02. The summed E-state index contributed by atoms with van der Waals surface area (Å²) in [6, 6.07) is 7.73. The molecule has 3 aromatic rings. The van der Waals surface area contributed by atoms with Gasteiger partial charge in [-0.3, -0.25) is 4.98 Å². The Morgan fingerprint density at radius 3 is 2.89 bits per heavy atom. The van der Waals surface area contributed by atoms with Crippen molar-refractivity contribution in [3.63, 3.8) is 0 Å². The molecule has 2 N–H and O–H groups in total. The van der Waals surface area contributed by atoms with E-state index in [1.54, 1.807) is 12.4 Å². The van der Waals surface area contributed by atoms with Crippen LogP contribution in [0, 0.1) is 11.8 Å². The third-order valence-corrected chi connectivity index (χ3v) is 2.77. The molecule has 0 fully saturated rings. The standard InChI is InChI=1S/C15H12N4/c1-16-15-9-11(4-6-18-15)2-3-12-8-14-13(19-10-12)5-7-17-14/h4-10,17H,1H3,(H,16,18). The maximum absolute atomic E-state index is 4.33. The first-order valence-corrected chi connectivity index (χ1v) is 5.94. The van der Waals surface area contributed by atoms with Crippen LogP contribution in [0.15, 0.2) is 42.9 Å². The van der Waals surface area contributed by atoms with E-state index in [9.17, 15) is 0 Å². The number of H-pyrrole nitrogens is 1. The van der Waals surface area contributed by atoms with Gasteiger partial charge in [-0.1, -0.05) is 11.8 Å². The van der Waals surface area contributed by atoms with Crippen LogP contribution in [0.3, 0.4) is 0 Å². The van der Waals surface area contributed by atoms with Gasteiger partial charge in [0, 0.05) is 36.8 Å². The second-order valence-electron chi connectivity index (χ2n) is 4.06. The molecular weight excluding hydrogens is 236 g/mol. The van der Waals surface area contributed by atoms with Gasteiger partial charge < -0.3 is 10.3 Å². The minimum atomic E-state index is 0.810. The van der Waals surface area contributed by atoms with Crippen LogP contribution in [0.25, 0.3) is 11.0 Å². The number of anilines is 1. The Morgan fingerprint density at radius 2 is 2.00 bits per heavy atom. The SMILES string of the molecule is CNc1cc(C#Cc2cnc3cc[nH]c3c2)ccn1. The Morgan fingerprint density at radius 1 is 1.11 bits per heavy atom.